The molecule has 2 rings (SSSR count). The van der Waals surface area contributed by atoms with E-state index in [2.05, 4.69) is 31.1 Å². The normalized spacial score (nSPS) is 12.6. The van der Waals surface area contributed by atoms with Gasteiger partial charge in [0.05, 0.1) is 27.0 Å². The first-order valence-electron chi connectivity index (χ1n) is 9.00. The van der Waals surface area contributed by atoms with Crippen molar-refractivity contribution in [2.75, 3.05) is 27.9 Å². The standard InChI is InChI=1S/C20H29N3O3S/c1-8-21-20-23(22-14(4)9-13(2)3)16(12-27-20)15-10-17(24-5)19(26-7)18(11-15)25-6/h10-13H,8-9H2,1-7H3. The third-order valence-electron chi connectivity index (χ3n) is 3.91. The summed E-state index contributed by atoms with van der Waals surface area (Å²) in [5.41, 5.74) is 2.93. The van der Waals surface area contributed by atoms with Gasteiger partial charge in [-0.05, 0) is 38.3 Å². The molecule has 1 heterocycles. The molecule has 148 valence electrons. The number of benzene rings is 1. The van der Waals surface area contributed by atoms with Crippen LogP contribution in [-0.4, -0.2) is 38.3 Å². The van der Waals surface area contributed by atoms with Crippen molar-refractivity contribution < 1.29 is 14.2 Å². The fourth-order valence-corrected chi connectivity index (χ4v) is 3.76. The predicted molar refractivity (Wildman–Crippen MR) is 111 cm³/mol. The average molecular weight is 392 g/mol. The van der Waals surface area contributed by atoms with Gasteiger partial charge in [0, 0.05) is 23.2 Å². The number of aromatic nitrogens is 1. The van der Waals surface area contributed by atoms with Crippen LogP contribution in [0.2, 0.25) is 0 Å². The zero-order valence-electron chi connectivity index (χ0n) is 17.2. The Morgan fingerprint density at radius 2 is 1.74 bits per heavy atom. The summed E-state index contributed by atoms with van der Waals surface area (Å²) >= 11 is 1.57. The molecule has 0 aliphatic rings. The Morgan fingerprint density at radius 3 is 2.22 bits per heavy atom. The third kappa shape index (κ3) is 4.91. The van der Waals surface area contributed by atoms with Crippen molar-refractivity contribution in [3.8, 4) is 28.5 Å². The maximum atomic E-state index is 5.50. The lowest BCUT2D eigenvalue weighted by atomic mass is 10.1. The first kappa shape index (κ1) is 21.0. The van der Waals surface area contributed by atoms with Gasteiger partial charge in [-0.1, -0.05) is 13.8 Å². The Kier molecular flexibility index (Phi) is 7.47. The number of rotatable bonds is 8. The van der Waals surface area contributed by atoms with Crippen LogP contribution in [0, 0.1) is 5.92 Å². The molecule has 2 aromatic rings. The van der Waals surface area contributed by atoms with E-state index in [0.717, 1.165) is 28.2 Å². The van der Waals surface area contributed by atoms with Crippen LogP contribution < -0.4 is 19.0 Å². The Labute approximate surface area is 165 Å². The van der Waals surface area contributed by atoms with Gasteiger partial charge in [0.1, 0.15) is 0 Å². The van der Waals surface area contributed by atoms with Gasteiger partial charge in [0.15, 0.2) is 11.5 Å². The Morgan fingerprint density at radius 1 is 1.11 bits per heavy atom. The highest BCUT2D eigenvalue weighted by molar-refractivity contribution is 7.07. The van der Waals surface area contributed by atoms with Crippen LogP contribution in [0.1, 0.15) is 34.1 Å². The molecule has 0 radical (unpaired) electrons. The lowest BCUT2D eigenvalue weighted by Crippen LogP contribution is -2.14. The van der Waals surface area contributed by atoms with E-state index in [9.17, 15) is 0 Å². The average Bonchev–Trinajstić information content (AvgIpc) is 3.02. The zero-order chi connectivity index (χ0) is 20.0. The maximum Gasteiger partial charge on any atom is 0.206 e. The molecule has 0 N–H and O–H groups in total. The summed E-state index contributed by atoms with van der Waals surface area (Å²) in [6.45, 7) is 9.16. The molecule has 7 heteroatoms. The van der Waals surface area contributed by atoms with Crippen LogP contribution >= 0.6 is 11.3 Å². The predicted octanol–water partition coefficient (Wildman–Crippen LogP) is 4.43. The number of nitrogens with zero attached hydrogens (tertiary/aromatic N) is 3. The third-order valence-corrected chi connectivity index (χ3v) is 4.77. The van der Waals surface area contributed by atoms with Crippen LogP contribution in [0.3, 0.4) is 0 Å². The fourth-order valence-electron chi connectivity index (χ4n) is 2.87. The highest BCUT2D eigenvalue weighted by Crippen LogP contribution is 2.41. The lowest BCUT2D eigenvalue weighted by molar-refractivity contribution is 0.324. The molecule has 0 atom stereocenters. The van der Waals surface area contributed by atoms with E-state index >= 15 is 0 Å². The van der Waals surface area contributed by atoms with Crippen molar-refractivity contribution in [2.24, 2.45) is 16.0 Å². The topological polar surface area (TPSA) is 57.3 Å². The molecule has 0 saturated heterocycles. The summed E-state index contributed by atoms with van der Waals surface area (Å²) in [6.07, 6.45) is 0.934. The van der Waals surface area contributed by atoms with Gasteiger partial charge in [0.25, 0.3) is 0 Å². The van der Waals surface area contributed by atoms with E-state index in [0.29, 0.717) is 29.7 Å². The van der Waals surface area contributed by atoms with Crippen molar-refractivity contribution in [3.05, 3.63) is 22.3 Å². The first-order chi connectivity index (χ1) is 12.9. The number of hydrogen-bond donors (Lipinski definition) is 0. The van der Waals surface area contributed by atoms with E-state index in [1.165, 1.54) is 0 Å². The van der Waals surface area contributed by atoms with E-state index in [1.54, 1.807) is 32.7 Å². The number of thiazole rings is 1. The van der Waals surface area contributed by atoms with Crippen LogP contribution in [0.25, 0.3) is 11.3 Å². The fraction of sp³-hybridized carbons (Fsp3) is 0.500. The summed E-state index contributed by atoms with van der Waals surface area (Å²) in [5.74, 6) is 2.34. The van der Waals surface area contributed by atoms with E-state index < -0.39 is 0 Å². The SMILES string of the molecule is CCN=c1scc(-c2cc(OC)c(OC)c(OC)c2)n1N=C(C)CC(C)C. The van der Waals surface area contributed by atoms with Crippen molar-refractivity contribution in [1.82, 2.24) is 4.68 Å². The number of methoxy groups -OCH3 is 3. The monoisotopic (exact) mass is 391 g/mol. The molecule has 6 nitrogen and oxygen atoms in total. The highest BCUT2D eigenvalue weighted by atomic mass is 32.1. The first-order valence-corrected chi connectivity index (χ1v) is 9.88. The molecule has 27 heavy (non-hydrogen) atoms. The molecular weight excluding hydrogens is 362 g/mol. The van der Waals surface area contributed by atoms with Gasteiger partial charge in [-0.25, -0.2) is 4.68 Å². The van der Waals surface area contributed by atoms with Gasteiger partial charge in [-0.15, -0.1) is 11.3 Å². The second-order valence-corrected chi connectivity index (χ2v) is 7.37. The summed E-state index contributed by atoms with van der Waals surface area (Å²) in [4.78, 5) is 5.46. The summed E-state index contributed by atoms with van der Waals surface area (Å²) in [6, 6.07) is 3.87. The second kappa shape index (κ2) is 9.60. The molecule has 0 spiro atoms. The summed E-state index contributed by atoms with van der Waals surface area (Å²) in [7, 11) is 4.83. The molecule has 0 amide bonds. The van der Waals surface area contributed by atoms with Gasteiger partial charge >= 0.3 is 0 Å². The van der Waals surface area contributed by atoms with E-state index in [-0.39, 0.29) is 0 Å². The van der Waals surface area contributed by atoms with Gasteiger partial charge < -0.3 is 14.2 Å². The van der Waals surface area contributed by atoms with Crippen molar-refractivity contribution in [2.45, 2.75) is 34.1 Å². The number of hydrogen-bond acceptors (Lipinski definition) is 6. The Bertz CT molecular complexity index is 841. The highest BCUT2D eigenvalue weighted by Gasteiger charge is 2.17. The zero-order valence-corrected chi connectivity index (χ0v) is 18.0. The largest absolute Gasteiger partial charge is 0.493 e. The van der Waals surface area contributed by atoms with Gasteiger partial charge in [-0.3, -0.25) is 4.99 Å². The molecule has 0 bridgehead atoms. The molecule has 0 aliphatic carbocycles. The van der Waals surface area contributed by atoms with Crippen LogP contribution in [0.4, 0.5) is 0 Å². The summed E-state index contributed by atoms with van der Waals surface area (Å²) in [5, 5.41) is 6.90. The minimum Gasteiger partial charge on any atom is -0.493 e. The second-order valence-electron chi connectivity index (χ2n) is 6.54. The molecule has 1 aromatic heterocycles. The van der Waals surface area contributed by atoms with Gasteiger partial charge in [0.2, 0.25) is 10.6 Å². The Balaban J connectivity index is 2.67. The lowest BCUT2D eigenvalue weighted by Gasteiger charge is -2.14. The molecule has 0 aliphatic heterocycles. The van der Waals surface area contributed by atoms with Crippen molar-refractivity contribution in [3.63, 3.8) is 0 Å². The quantitative estimate of drug-likeness (QED) is 0.625. The molecular formula is C20H29N3O3S. The molecule has 0 saturated carbocycles. The molecule has 1 aromatic carbocycles. The minimum absolute atomic E-state index is 0.546. The Hall–Kier alpha value is -2.28. The van der Waals surface area contributed by atoms with E-state index in [4.69, 9.17) is 19.3 Å². The van der Waals surface area contributed by atoms with Gasteiger partial charge in [-0.2, -0.15) is 5.10 Å². The van der Waals surface area contributed by atoms with E-state index in [1.807, 2.05) is 23.7 Å². The van der Waals surface area contributed by atoms with Crippen LogP contribution in [0.5, 0.6) is 17.2 Å². The molecule has 0 unspecified atom stereocenters. The smallest absolute Gasteiger partial charge is 0.206 e. The minimum atomic E-state index is 0.546. The summed E-state index contributed by atoms with van der Waals surface area (Å²) < 4.78 is 18.3. The van der Waals surface area contributed by atoms with Crippen molar-refractivity contribution in [1.29, 1.82) is 0 Å². The maximum absolute atomic E-state index is 5.50. The number of ether oxygens (including phenoxy) is 3. The van der Waals surface area contributed by atoms with Crippen molar-refractivity contribution >= 4 is 17.0 Å². The van der Waals surface area contributed by atoms with Crippen LogP contribution in [-0.2, 0) is 0 Å². The molecule has 0 fully saturated rings. The van der Waals surface area contributed by atoms with Crippen LogP contribution in [0.15, 0.2) is 27.6 Å².